The number of pyridine rings is 1. The number of rotatable bonds is 8. The van der Waals surface area contributed by atoms with Gasteiger partial charge >= 0.3 is 6.18 Å². The molecule has 3 N–H and O–H groups in total. The summed E-state index contributed by atoms with van der Waals surface area (Å²) >= 11 is 0. The van der Waals surface area contributed by atoms with Crippen molar-refractivity contribution in [2.24, 2.45) is 0 Å². The van der Waals surface area contributed by atoms with Crippen LogP contribution in [-0.4, -0.2) is 43.4 Å². The maximum atomic E-state index is 13.9. The monoisotopic (exact) mass is 529 g/mol. The number of carbonyl (C=O) groups is 1. The van der Waals surface area contributed by atoms with Crippen LogP contribution in [0.15, 0.2) is 60.8 Å². The van der Waals surface area contributed by atoms with E-state index in [9.17, 15) is 27.5 Å². The highest BCUT2D eigenvalue weighted by atomic mass is 19.4. The van der Waals surface area contributed by atoms with Gasteiger partial charge in [-0.3, -0.25) is 4.79 Å². The van der Waals surface area contributed by atoms with E-state index in [1.54, 1.807) is 18.2 Å². The number of nitrogens with zero attached hydrogens (tertiary/aromatic N) is 3. The van der Waals surface area contributed by atoms with Gasteiger partial charge in [0.25, 0.3) is 5.91 Å². The molecule has 0 bridgehead atoms. The molecule has 0 saturated heterocycles. The minimum absolute atomic E-state index is 0.0320. The number of aromatic amines is 1. The van der Waals surface area contributed by atoms with Crippen LogP contribution in [0.1, 0.15) is 41.4 Å². The molecule has 0 unspecified atom stereocenters. The third kappa shape index (κ3) is 6.71. The molecule has 0 fully saturated rings. The van der Waals surface area contributed by atoms with Gasteiger partial charge in [-0.05, 0) is 66.9 Å². The Balaban J connectivity index is 1.55. The third-order valence-corrected chi connectivity index (χ3v) is 5.27. The fraction of sp³-hybridized carbons (Fsp3) is 0.231. The van der Waals surface area contributed by atoms with Crippen LogP contribution < -0.4 is 10.1 Å². The molecule has 0 aliphatic heterocycles. The lowest BCUT2D eigenvalue weighted by atomic mass is 9.99. The summed E-state index contributed by atoms with van der Waals surface area (Å²) in [6, 6.07) is 12.0. The highest BCUT2D eigenvalue weighted by Crippen LogP contribution is 2.39. The van der Waals surface area contributed by atoms with Gasteiger partial charge in [0.15, 0.2) is 0 Å². The first-order valence-corrected chi connectivity index (χ1v) is 11.4. The van der Waals surface area contributed by atoms with Crippen molar-refractivity contribution in [3.63, 3.8) is 0 Å². The van der Waals surface area contributed by atoms with Crippen molar-refractivity contribution in [1.82, 2.24) is 20.2 Å². The Morgan fingerprint density at radius 3 is 2.55 bits per heavy atom. The van der Waals surface area contributed by atoms with E-state index in [0.717, 1.165) is 6.07 Å². The van der Waals surface area contributed by atoms with Crippen LogP contribution in [0, 0.1) is 5.82 Å². The van der Waals surface area contributed by atoms with Crippen LogP contribution in [0.2, 0.25) is 0 Å². The number of anilines is 1. The zero-order chi connectivity index (χ0) is 27.5. The second-order valence-corrected chi connectivity index (χ2v) is 9.08. The van der Waals surface area contributed by atoms with Crippen molar-refractivity contribution >= 4 is 11.7 Å². The van der Waals surface area contributed by atoms with Crippen LogP contribution >= 0.6 is 0 Å². The topological polar surface area (TPSA) is 113 Å². The molecule has 12 heteroatoms. The lowest BCUT2D eigenvalue weighted by Gasteiger charge is -2.19. The Labute approximate surface area is 214 Å². The van der Waals surface area contributed by atoms with Gasteiger partial charge in [0.05, 0.1) is 11.2 Å². The number of aromatic nitrogens is 4. The summed E-state index contributed by atoms with van der Waals surface area (Å²) in [6.07, 6.45) is -3.34. The number of nitrogens with one attached hydrogen (secondary N) is 2. The van der Waals surface area contributed by atoms with Gasteiger partial charge in [-0.1, -0.05) is 18.2 Å². The zero-order valence-electron chi connectivity index (χ0n) is 20.3. The van der Waals surface area contributed by atoms with Gasteiger partial charge in [-0.15, -0.1) is 10.2 Å². The van der Waals surface area contributed by atoms with Gasteiger partial charge < -0.3 is 20.1 Å². The summed E-state index contributed by atoms with van der Waals surface area (Å²) < 4.78 is 60.6. The van der Waals surface area contributed by atoms with E-state index in [0.29, 0.717) is 5.56 Å². The largest absolute Gasteiger partial charge is 0.491 e. The number of H-pyrrole nitrogens is 1. The van der Waals surface area contributed by atoms with Gasteiger partial charge in [-0.25, -0.2) is 9.37 Å². The van der Waals surface area contributed by atoms with Gasteiger partial charge in [0, 0.05) is 12.6 Å². The lowest BCUT2D eigenvalue weighted by Crippen LogP contribution is -2.27. The molecule has 2 aromatic heterocycles. The molecule has 2 heterocycles. The van der Waals surface area contributed by atoms with Crippen LogP contribution in [0.4, 0.5) is 23.4 Å². The highest BCUT2D eigenvalue weighted by molar-refractivity contribution is 6.01. The molecule has 4 aromatic rings. The minimum Gasteiger partial charge on any atom is -0.491 e. The molecule has 0 atom stereocenters. The molecule has 0 spiro atoms. The first-order chi connectivity index (χ1) is 17.9. The second kappa shape index (κ2) is 10.6. The van der Waals surface area contributed by atoms with Crippen LogP contribution in [0.5, 0.6) is 5.75 Å². The fourth-order valence-electron chi connectivity index (χ4n) is 3.50. The van der Waals surface area contributed by atoms with Crippen molar-refractivity contribution in [1.29, 1.82) is 0 Å². The maximum Gasteiger partial charge on any atom is 0.417 e. The van der Waals surface area contributed by atoms with E-state index in [-0.39, 0.29) is 47.4 Å². The average molecular weight is 529 g/mol. The molecule has 1 amide bonds. The summed E-state index contributed by atoms with van der Waals surface area (Å²) in [5.74, 6) is -0.998. The zero-order valence-corrected chi connectivity index (χ0v) is 20.3. The number of hydrogen-bond acceptors (Lipinski definition) is 6. The van der Waals surface area contributed by atoms with E-state index in [1.165, 1.54) is 50.4 Å². The predicted molar refractivity (Wildman–Crippen MR) is 130 cm³/mol. The van der Waals surface area contributed by atoms with Crippen molar-refractivity contribution < 1.29 is 32.2 Å². The van der Waals surface area contributed by atoms with Gasteiger partial charge in [0.1, 0.15) is 29.8 Å². The molecule has 4 rings (SSSR count). The summed E-state index contributed by atoms with van der Waals surface area (Å²) in [5.41, 5.74) is -1.82. The number of alkyl halides is 3. The van der Waals surface area contributed by atoms with Crippen molar-refractivity contribution in [2.75, 3.05) is 11.9 Å². The Hall–Kier alpha value is -4.32. The quantitative estimate of drug-likeness (QED) is 0.277. The Kier molecular flexibility index (Phi) is 7.44. The standard InChI is InChI=1S/C26H23F4N5O3/c1-25(2,37)14-38-17-7-8-19(26(28,29)30)18(13-17)15-9-10-31-21(11-15)33-24(36)23-32-22(34-35-23)12-16-5-3-4-6-20(16)27/h3-11,13,37H,12,14H2,1-2H3,(H,31,33,36)(H,32,34,35). The van der Waals surface area contributed by atoms with E-state index in [2.05, 4.69) is 25.5 Å². The van der Waals surface area contributed by atoms with Gasteiger partial charge in [-0.2, -0.15) is 13.2 Å². The predicted octanol–water partition coefficient (Wildman–Crippen LogP) is 5.02. The van der Waals surface area contributed by atoms with Crippen molar-refractivity contribution in [3.8, 4) is 16.9 Å². The maximum absolute atomic E-state index is 13.9. The number of hydrogen-bond donors (Lipinski definition) is 3. The molecule has 2 aromatic carbocycles. The molecule has 198 valence electrons. The normalized spacial score (nSPS) is 11.9. The molecule has 8 nitrogen and oxygen atoms in total. The van der Waals surface area contributed by atoms with E-state index in [4.69, 9.17) is 4.74 Å². The number of benzene rings is 2. The molecular formula is C26H23F4N5O3. The molecule has 0 saturated carbocycles. The fourth-order valence-corrected chi connectivity index (χ4v) is 3.50. The van der Waals surface area contributed by atoms with E-state index >= 15 is 0 Å². The average Bonchev–Trinajstić information content (AvgIpc) is 3.32. The van der Waals surface area contributed by atoms with Crippen LogP contribution in [-0.2, 0) is 12.6 Å². The van der Waals surface area contributed by atoms with Crippen molar-refractivity contribution in [2.45, 2.75) is 32.0 Å². The molecule has 0 radical (unpaired) electrons. The Morgan fingerprint density at radius 1 is 1.08 bits per heavy atom. The molecular weight excluding hydrogens is 506 g/mol. The molecule has 38 heavy (non-hydrogen) atoms. The first kappa shape index (κ1) is 26.7. The van der Waals surface area contributed by atoms with Gasteiger partial charge in [0.2, 0.25) is 5.82 Å². The summed E-state index contributed by atoms with van der Waals surface area (Å²) in [4.78, 5) is 19.4. The molecule has 0 aliphatic rings. The minimum atomic E-state index is -4.66. The SMILES string of the molecule is CC(C)(O)COc1ccc(C(F)(F)F)c(-c2ccnc(NC(=O)c3nnc(Cc4ccccc4F)[nH]3)c2)c1. The first-order valence-electron chi connectivity index (χ1n) is 11.4. The summed E-state index contributed by atoms with van der Waals surface area (Å²) in [6.45, 7) is 2.88. The Morgan fingerprint density at radius 2 is 1.84 bits per heavy atom. The third-order valence-electron chi connectivity index (χ3n) is 5.27. The van der Waals surface area contributed by atoms with Crippen LogP contribution in [0.3, 0.4) is 0 Å². The number of carbonyl (C=O) groups excluding carboxylic acids is 1. The summed E-state index contributed by atoms with van der Waals surface area (Å²) in [5, 5.41) is 20.0. The highest BCUT2D eigenvalue weighted by Gasteiger charge is 2.34. The summed E-state index contributed by atoms with van der Waals surface area (Å²) in [7, 11) is 0. The Bertz CT molecular complexity index is 1450. The van der Waals surface area contributed by atoms with E-state index < -0.39 is 29.1 Å². The van der Waals surface area contributed by atoms with Crippen molar-refractivity contribution in [3.05, 3.63) is 89.4 Å². The smallest absolute Gasteiger partial charge is 0.417 e. The number of aliphatic hydroxyl groups is 1. The number of amides is 1. The van der Waals surface area contributed by atoms with Crippen LogP contribution in [0.25, 0.3) is 11.1 Å². The lowest BCUT2D eigenvalue weighted by molar-refractivity contribution is -0.137. The van der Waals surface area contributed by atoms with E-state index in [1.807, 2.05) is 0 Å². The number of halogens is 4. The number of ether oxygens (including phenoxy) is 1. The second-order valence-electron chi connectivity index (χ2n) is 9.08. The molecule has 0 aliphatic carbocycles.